The van der Waals surface area contributed by atoms with Crippen LogP contribution in [0.2, 0.25) is 0 Å². The minimum atomic E-state index is -0.109. The molecule has 2 aliphatic rings. The van der Waals surface area contributed by atoms with Crippen LogP contribution in [-0.4, -0.2) is 43.9 Å². The molecule has 1 aliphatic carbocycles. The molecule has 1 unspecified atom stereocenters. The molecule has 1 atom stereocenters. The van der Waals surface area contributed by atoms with Crippen LogP contribution in [0.5, 0.6) is 11.5 Å². The largest absolute Gasteiger partial charge is 0.493 e. The van der Waals surface area contributed by atoms with Crippen LogP contribution < -0.4 is 9.47 Å². The topological polar surface area (TPSA) is 69.0 Å². The molecule has 1 aromatic heterocycles. The molecule has 4 rings (SSSR count). The Bertz CT molecular complexity index is 929. The Hall–Kier alpha value is -2.76. The Morgan fingerprint density at radius 2 is 2.04 bits per heavy atom. The third kappa shape index (κ3) is 2.97. The number of nitrogens with zero attached hydrogens (tertiary/aromatic N) is 1. The summed E-state index contributed by atoms with van der Waals surface area (Å²) in [5, 5.41) is 0. The summed E-state index contributed by atoms with van der Waals surface area (Å²) in [4.78, 5) is 27.5. The highest BCUT2D eigenvalue weighted by Crippen LogP contribution is 2.40. The lowest BCUT2D eigenvalue weighted by Crippen LogP contribution is -2.30. The summed E-state index contributed by atoms with van der Waals surface area (Å²) in [6.45, 7) is 2.99. The van der Waals surface area contributed by atoms with Crippen LogP contribution in [0, 0.1) is 6.92 Å². The first-order valence-electron chi connectivity index (χ1n) is 9.70. The van der Waals surface area contributed by atoms with E-state index in [9.17, 15) is 9.59 Å². The number of fused-ring (bicyclic) bond motifs is 1. The first kappa shape index (κ1) is 18.6. The van der Waals surface area contributed by atoms with Gasteiger partial charge in [0.15, 0.2) is 17.3 Å². The number of Topliss-reactive ketones (excluding diaryl/α,β-unsaturated/α-hetero) is 1. The van der Waals surface area contributed by atoms with Gasteiger partial charge in [0.25, 0.3) is 5.91 Å². The quantitative estimate of drug-likeness (QED) is 0.804. The van der Waals surface area contributed by atoms with Crippen molar-refractivity contribution in [3.05, 3.63) is 46.4 Å². The number of carbonyl (C=O) groups is 2. The molecule has 28 heavy (non-hydrogen) atoms. The number of aryl methyl sites for hydroxylation is 2. The molecule has 1 aliphatic heterocycles. The maximum atomic E-state index is 13.3. The fourth-order valence-electron chi connectivity index (χ4n) is 4.46. The Labute approximate surface area is 164 Å². The molecule has 0 N–H and O–H groups in total. The summed E-state index contributed by atoms with van der Waals surface area (Å²) >= 11 is 0. The van der Waals surface area contributed by atoms with Gasteiger partial charge in [0.1, 0.15) is 11.5 Å². The van der Waals surface area contributed by atoms with E-state index in [2.05, 4.69) is 0 Å². The van der Waals surface area contributed by atoms with E-state index in [1.54, 1.807) is 21.1 Å². The molecule has 0 spiro atoms. The predicted octanol–water partition coefficient (Wildman–Crippen LogP) is 3.75. The number of hydrogen-bond acceptors (Lipinski definition) is 5. The summed E-state index contributed by atoms with van der Waals surface area (Å²) in [6.07, 6.45) is 2.82. The van der Waals surface area contributed by atoms with Crippen molar-refractivity contribution >= 4 is 11.7 Å². The van der Waals surface area contributed by atoms with Crippen LogP contribution in [0.25, 0.3) is 0 Å². The number of benzene rings is 1. The second-order valence-electron chi connectivity index (χ2n) is 7.43. The van der Waals surface area contributed by atoms with Crippen molar-refractivity contribution in [1.29, 1.82) is 0 Å². The lowest BCUT2D eigenvalue weighted by molar-refractivity contribution is 0.0782. The van der Waals surface area contributed by atoms with E-state index in [0.29, 0.717) is 47.9 Å². The molecule has 6 nitrogen and oxygen atoms in total. The van der Waals surface area contributed by atoms with Gasteiger partial charge >= 0.3 is 0 Å². The van der Waals surface area contributed by atoms with Crippen molar-refractivity contribution in [3.8, 4) is 11.5 Å². The van der Waals surface area contributed by atoms with E-state index in [-0.39, 0.29) is 17.6 Å². The number of ether oxygens (including phenoxy) is 2. The van der Waals surface area contributed by atoms with Crippen LogP contribution in [0.15, 0.2) is 22.6 Å². The number of furan rings is 1. The highest BCUT2D eigenvalue weighted by atomic mass is 16.5. The summed E-state index contributed by atoms with van der Waals surface area (Å²) in [6, 6.07) is 5.83. The smallest absolute Gasteiger partial charge is 0.258 e. The van der Waals surface area contributed by atoms with Crippen molar-refractivity contribution in [2.75, 3.05) is 27.3 Å². The van der Waals surface area contributed by atoms with Gasteiger partial charge in [-0.1, -0.05) is 12.1 Å². The van der Waals surface area contributed by atoms with E-state index in [0.717, 1.165) is 30.6 Å². The minimum Gasteiger partial charge on any atom is -0.493 e. The van der Waals surface area contributed by atoms with Crippen molar-refractivity contribution in [2.24, 2.45) is 0 Å². The minimum absolute atomic E-state index is 0.0201. The fraction of sp³-hybridized carbons (Fsp3) is 0.455. The van der Waals surface area contributed by atoms with E-state index in [1.807, 2.05) is 23.1 Å². The third-order valence-corrected chi connectivity index (χ3v) is 5.81. The molecule has 2 heterocycles. The molecular weight excluding hydrogens is 358 g/mol. The first-order chi connectivity index (χ1) is 13.5. The molecule has 1 amide bonds. The SMILES string of the molecule is COc1cccc(C2CCN(C(=O)c3c(C)oc4c3C(=O)CCC4)C2)c1OC. The molecule has 1 aromatic carbocycles. The Balaban J connectivity index is 1.60. The van der Waals surface area contributed by atoms with Crippen LogP contribution >= 0.6 is 0 Å². The van der Waals surface area contributed by atoms with Crippen LogP contribution in [0.1, 0.15) is 63.0 Å². The zero-order valence-corrected chi connectivity index (χ0v) is 16.5. The summed E-state index contributed by atoms with van der Waals surface area (Å²) < 4.78 is 16.7. The maximum absolute atomic E-state index is 13.3. The molecule has 6 heteroatoms. The van der Waals surface area contributed by atoms with Gasteiger partial charge in [0.05, 0.1) is 25.3 Å². The number of amides is 1. The van der Waals surface area contributed by atoms with Crippen molar-refractivity contribution < 1.29 is 23.5 Å². The molecule has 0 radical (unpaired) electrons. The molecule has 2 aromatic rings. The normalized spacial score (nSPS) is 18.9. The van der Waals surface area contributed by atoms with Crippen LogP contribution in [0.3, 0.4) is 0 Å². The Kier molecular flexibility index (Phi) is 4.87. The molecule has 1 saturated heterocycles. The lowest BCUT2D eigenvalue weighted by atomic mass is 9.93. The summed E-state index contributed by atoms with van der Waals surface area (Å²) in [5.74, 6) is 2.70. The predicted molar refractivity (Wildman–Crippen MR) is 104 cm³/mol. The monoisotopic (exact) mass is 383 g/mol. The number of rotatable bonds is 4. The average Bonchev–Trinajstić information content (AvgIpc) is 3.31. The molecule has 0 saturated carbocycles. The molecule has 148 valence electrons. The van der Waals surface area contributed by atoms with Crippen molar-refractivity contribution in [1.82, 2.24) is 4.90 Å². The zero-order chi connectivity index (χ0) is 19.8. The van der Waals surface area contributed by atoms with Crippen LogP contribution in [0.4, 0.5) is 0 Å². The van der Waals surface area contributed by atoms with E-state index in [1.165, 1.54) is 0 Å². The fourth-order valence-corrected chi connectivity index (χ4v) is 4.46. The Morgan fingerprint density at radius 1 is 1.21 bits per heavy atom. The molecule has 1 fully saturated rings. The standard InChI is InChI=1S/C22H25NO5/c1-13-19(20-16(24)7-5-8-17(20)28-13)22(25)23-11-10-14(12-23)15-6-4-9-18(26-2)21(15)27-3/h4,6,9,14H,5,7-8,10-12H2,1-3H3. The van der Waals surface area contributed by atoms with Gasteiger partial charge in [-0.25, -0.2) is 0 Å². The number of para-hydroxylation sites is 1. The lowest BCUT2D eigenvalue weighted by Gasteiger charge is -2.19. The van der Waals surface area contributed by atoms with Gasteiger partial charge in [-0.2, -0.15) is 0 Å². The van der Waals surface area contributed by atoms with Gasteiger partial charge in [-0.05, 0) is 25.8 Å². The second kappa shape index (κ2) is 7.34. The number of likely N-dealkylation sites (tertiary alicyclic amines) is 1. The molecule has 0 bridgehead atoms. The maximum Gasteiger partial charge on any atom is 0.258 e. The summed E-state index contributed by atoms with van der Waals surface area (Å²) in [7, 11) is 3.25. The second-order valence-corrected chi connectivity index (χ2v) is 7.43. The Morgan fingerprint density at radius 3 is 2.79 bits per heavy atom. The number of hydrogen-bond donors (Lipinski definition) is 0. The van der Waals surface area contributed by atoms with Crippen molar-refractivity contribution in [2.45, 2.75) is 38.5 Å². The van der Waals surface area contributed by atoms with Gasteiger partial charge in [-0.3, -0.25) is 9.59 Å². The number of ketones is 1. The van der Waals surface area contributed by atoms with E-state index < -0.39 is 0 Å². The zero-order valence-electron chi connectivity index (χ0n) is 16.5. The highest BCUT2D eigenvalue weighted by molar-refractivity contribution is 6.10. The average molecular weight is 383 g/mol. The number of carbonyl (C=O) groups excluding carboxylic acids is 2. The van der Waals surface area contributed by atoms with Gasteiger partial charge < -0.3 is 18.8 Å². The molecular formula is C22H25NO5. The van der Waals surface area contributed by atoms with E-state index >= 15 is 0 Å². The van der Waals surface area contributed by atoms with Gasteiger partial charge in [0.2, 0.25) is 0 Å². The number of methoxy groups -OCH3 is 2. The van der Waals surface area contributed by atoms with Crippen LogP contribution in [-0.2, 0) is 6.42 Å². The third-order valence-electron chi connectivity index (χ3n) is 5.81. The van der Waals surface area contributed by atoms with Gasteiger partial charge in [-0.15, -0.1) is 0 Å². The highest BCUT2D eigenvalue weighted by Gasteiger charge is 2.36. The van der Waals surface area contributed by atoms with Gasteiger partial charge in [0, 0.05) is 37.4 Å². The summed E-state index contributed by atoms with van der Waals surface area (Å²) in [5.41, 5.74) is 2.01. The van der Waals surface area contributed by atoms with Crippen molar-refractivity contribution in [3.63, 3.8) is 0 Å². The van der Waals surface area contributed by atoms with E-state index in [4.69, 9.17) is 13.9 Å². The first-order valence-corrected chi connectivity index (χ1v) is 9.70.